The maximum atomic E-state index is 5.94. The van der Waals surface area contributed by atoms with E-state index in [9.17, 15) is 0 Å². The van der Waals surface area contributed by atoms with Gasteiger partial charge in [0.25, 0.3) is 0 Å². The van der Waals surface area contributed by atoms with Crippen LogP contribution in [-0.4, -0.2) is 0 Å². The minimum absolute atomic E-state index is 0.674. The van der Waals surface area contributed by atoms with E-state index < -0.39 is 0 Å². The molecule has 0 fully saturated rings. The lowest BCUT2D eigenvalue weighted by atomic mass is 10.3. The van der Waals surface area contributed by atoms with Crippen LogP contribution in [0, 0.1) is 0 Å². The number of para-hydroxylation sites is 4. The Balaban J connectivity index is 1.88. The van der Waals surface area contributed by atoms with Gasteiger partial charge in [0.05, 0.1) is 4.47 Å². The molecule has 0 aromatic heterocycles. The molecule has 0 aliphatic heterocycles. The van der Waals surface area contributed by atoms with Gasteiger partial charge in [0, 0.05) is 0 Å². The van der Waals surface area contributed by atoms with Crippen molar-refractivity contribution in [2.24, 2.45) is 0 Å². The van der Waals surface area contributed by atoms with Gasteiger partial charge >= 0.3 is 0 Å². The molecular formula is C18H13BrO2. The van der Waals surface area contributed by atoms with Gasteiger partial charge in [-0.3, -0.25) is 0 Å². The second-order valence-corrected chi connectivity index (χ2v) is 5.25. The molecule has 3 rings (SSSR count). The van der Waals surface area contributed by atoms with Crippen molar-refractivity contribution in [1.29, 1.82) is 0 Å². The predicted octanol–water partition coefficient (Wildman–Crippen LogP) is 6.03. The van der Waals surface area contributed by atoms with E-state index in [4.69, 9.17) is 9.47 Å². The van der Waals surface area contributed by atoms with Crippen molar-refractivity contribution in [3.8, 4) is 23.0 Å². The zero-order valence-corrected chi connectivity index (χ0v) is 12.8. The Labute approximate surface area is 132 Å². The van der Waals surface area contributed by atoms with Gasteiger partial charge in [-0.25, -0.2) is 0 Å². The van der Waals surface area contributed by atoms with Crippen molar-refractivity contribution in [2.45, 2.75) is 0 Å². The van der Waals surface area contributed by atoms with Crippen molar-refractivity contribution in [1.82, 2.24) is 0 Å². The lowest BCUT2D eigenvalue weighted by Crippen LogP contribution is -1.90. The van der Waals surface area contributed by atoms with Gasteiger partial charge in [-0.2, -0.15) is 0 Å². The lowest BCUT2D eigenvalue weighted by molar-refractivity contribution is 0.417. The van der Waals surface area contributed by atoms with E-state index in [2.05, 4.69) is 15.9 Å². The van der Waals surface area contributed by atoms with Gasteiger partial charge in [0.15, 0.2) is 11.5 Å². The van der Waals surface area contributed by atoms with Crippen molar-refractivity contribution >= 4 is 15.9 Å². The zero-order valence-electron chi connectivity index (χ0n) is 11.2. The maximum Gasteiger partial charge on any atom is 0.169 e. The second-order valence-electron chi connectivity index (χ2n) is 4.39. The summed E-state index contributed by atoms with van der Waals surface area (Å²) >= 11 is 3.48. The number of ether oxygens (including phenoxy) is 2. The first-order valence-electron chi connectivity index (χ1n) is 6.57. The van der Waals surface area contributed by atoms with Crippen LogP contribution in [0.2, 0.25) is 0 Å². The first kappa shape index (κ1) is 13.7. The highest BCUT2D eigenvalue weighted by atomic mass is 79.9. The summed E-state index contributed by atoms with van der Waals surface area (Å²) < 4.78 is 12.7. The third-order valence-corrected chi connectivity index (χ3v) is 3.53. The number of hydrogen-bond donors (Lipinski definition) is 0. The Morgan fingerprint density at radius 1 is 0.524 bits per heavy atom. The predicted molar refractivity (Wildman–Crippen MR) is 87.2 cm³/mol. The van der Waals surface area contributed by atoms with Gasteiger partial charge in [0.1, 0.15) is 11.5 Å². The van der Waals surface area contributed by atoms with Crippen molar-refractivity contribution in [3.05, 3.63) is 83.3 Å². The minimum atomic E-state index is 0.674. The molecule has 0 aliphatic rings. The fourth-order valence-electron chi connectivity index (χ4n) is 1.88. The molecule has 0 amide bonds. The van der Waals surface area contributed by atoms with Crippen LogP contribution in [0.15, 0.2) is 83.3 Å². The van der Waals surface area contributed by atoms with Crippen LogP contribution in [-0.2, 0) is 0 Å². The van der Waals surface area contributed by atoms with Gasteiger partial charge in [0.2, 0.25) is 0 Å². The Hall–Kier alpha value is -2.26. The Morgan fingerprint density at radius 2 is 1.05 bits per heavy atom. The smallest absolute Gasteiger partial charge is 0.169 e. The molecule has 0 bridgehead atoms. The fraction of sp³-hybridized carbons (Fsp3) is 0. The van der Waals surface area contributed by atoms with Crippen LogP contribution >= 0.6 is 15.9 Å². The minimum Gasteiger partial charge on any atom is -0.453 e. The van der Waals surface area contributed by atoms with E-state index in [0.717, 1.165) is 16.0 Å². The molecule has 0 radical (unpaired) electrons. The highest BCUT2D eigenvalue weighted by Crippen LogP contribution is 2.36. The standard InChI is InChI=1S/C18H13BrO2/c19-15-10-4-5-11-16(15)21-18-13-7-6-12-17(18)20-14-8-2-1-3-9-14/h1-13H. The molecule has 0 aliphatic carbocycles. The molecule has 0 saturated carbocycles. The molecule has 0 saturated heterocycles. The number of benzene rings is 3. The first-order valence-corrected chi connectivity index (χ1v) is 7.36. The third-order valence-electron chi connectivity index (χ3n) is 2.88. The van der Waals surface area contributed by atoms with E-state index in [-0.39, 0.29) is 0 Å². The monoisotopic (exact) mass is 340 g/mol. The molecule has 0 spiro atoms. The van der Waals surface area contributed by atoms with Gasteiger partial charge in [-0.1, -0.05) is 42.5 Å². The van der Waals surface area contributed by atoms with Crippen LogP contribution in [0.4, 0.5) is 0 Å². The molecule has 0 heterocycles. The highest BCUT2D eigenvalue weighted by Gasteiger charge is 2.08. The maximum absolute atomic E-state index is 5.94. The van der Waals surface area contributed by atoms with E-state index >= 15 is 0 Å². The summed E-state index contributed by atoms with van der Waals surface area (Å²) in [7, 11) is 0. The van der Waals surface area contributed by atoms with Gasteiger partial charge in [-0.05, 0) is 52.3 Å². The second kappa shape index (κ2) is 6.46. The summed E-state index contributed by atoms with van der Waals surface area (Å²) in [6.45, 7) is 0. The SMILES string of the molecule is Brc1ccccc1Oc1ccccc1Oc1ccccc1. The van der Waals surface area contributed by atoms with E-state index in [1.165, 1.54) is 0 Å². The first-order chi connectivity index (χ1) is 10.3. The average Bonchev–Trinajstić information content (AvgIpc) is 2.52. The zero-order chi connectivity index (χ0) is 14.5. The summed E-state index contributed by atoms with van der Waals surface area (Å²) in [5.41, 5.74) is 0. The van der Waals surface area contributed by atoms with Crippen molar-refractivity contribution in [2.75, 3.05) is 0 Å². The van der Waals surface area contributed by atoms with Gasteiger partial charge in [-0.15, -0.1) is 0 Å². The average molecular weight is 341 g/mol. The molecule has 3 heteroatoms. The van der Waals surface area contributed by atoms with E-state index in [1.807, 2.05) is 78.9 Å². The molecule has 0 atom stereocenters. The van der Waals surface area contributed by atoms with Crippen LogP contribution in [0.5, 0.6) is 23.0 Å². The molecule has 21 heavy (non-hydrogen) atoms. The fourth-order valence-corrected chi connectivity index (χ4v) is 2.25. The summed E-state index contributed by atoms with van der Waals surface area (Å²) in [6.07, 6.45) is 0. The number of halogens is 1. The quantitative estimate of drug-likeness (QED) is 0.576. The van der Waals surface area contributed by atoms with E-state index in [1.54, 1.807) is 0 Å². The van der Waals surface area contributed by atoms with Crippen LogP contribution in [0.3, 0.4) is 0 Å². The van der Waals surface area contributed by atoms with Crippen LogP contribution in [0.25, 0.3) is 0 Å². The number of hydrogen-bond acceptors (Lipinski definition) is 2. The molecule has 104 valence electrons. The number of rotatable bonds is 4. The van der Waals surface area contributed by atoms with Gasteiger partial charge < -0.3 is 9.47 Å². The van der Waals surface area contributed by atoms with Crippen LogP contribution < -0.4 is 9.47 Å². The molecule has 0 N–H and O–H groups in total. The third kappa shape index (κ3) is 3.44. The van der Waals surface area contributed by atoms with Crippen molar-refractivity contribution in [3.63, 3.8) is 0 Å². The molecule has 3 aromatic rings. The largest absolute Gasteiger partial charge is 0.453 e. The summed E-state index contributed by atoms with van der Waals surface area (Å²) in [6, 6.07) is 25.0. The summed E-state index contributed by atoms with van der Waals surface area (Å²) in [4.78, 5) is 0. The Morgan fingerprint density at radius 3 is 1.71 bits per heavy atom. The topological polar surface area (TPSA) is 18.5 Å². The van der Waals surface area contributed by atoms with E-state index in [0.29, 0.717) is 11.5 Å². The normalized spacial score (nSPS) is 10.1. The van der Waals surface area contributed by atoms with Crippen LogP contribution in [0.1, 0.15) is 0 Å². The Bertz CT molecular complexity index is 726. The molecular weight excluding hydrogens is 328 g/mol. The highest BCUT2D eigenvalue weighted by molar-refractivity contribution is 9.10. The molecule has 0 unspecified atom stereocenters. The molecule has 2 nitrogen and oxygen atoms in total. The molecule has 3 aromatic carbocycles. The Kier molecular flexibility index (Phi) is 4.22. The van der Waals surface area contributed by atoms with Crippen molar-refractivity contribution < 1.29 is 9.47 Å². The summed E-state index contributed by atoms with van der Waals surface area (Å²) in [5, 5.41) is 0. The lowest BCUT2D eigenvalue weighted by Gasteiger charge is -2.12. The summed E-state index contributed by atoms with van der Waals surface area (Å²) in [5.74, 6) is 2.88.